The number of carbonyl (C=O) groups is 2. The number of benzene rings is 1. The van der Waals surface area contributed by atoms with E-state index in [0.29, 0.717) is 31.0 Å². The van der Waals surface area contributed by atoms with Gasteiger partial charge in [-0.05, 0) is 37.5 Å². The standard InChI is InChI=1S/C15H18ClNO3/c1-2-17(9-10-4-3-5-11(16)8-10)14(18)12-6-7-13(12)15(19)20/h3-5,8,12-13H,2,6-7,9H2,1H3,(H,19,20). The number of carboxylic acid groups (broad SMARTS) is 1. The molecule has 0 radical (unpaired) electrons. The summed E-state index contributed by atoms with van der Waals surface area (Å²) in [5, 5.41) is 9.68. The van der Waals surface area contributed by atoms with E-state index in [9.17, 15) is 9.59 Å². The molecule has 1 amide bonds. The van der Waals surface area contributed by atoms with Crippen LogP contribution in [0.1, 0.15) is 25.3 Å². The first kappa shape index (κ1) is 14.9. The van der Waals surface area contributed by atoms with Gasteiger partial charge in [-0.2, -0.15) is 0 Å². The number of amides is 1. The molecule has 0 bridgehead atoms. The zero-order valence-corrected chi connectivity index (χ0v) is 12.1. The molecule has 1 aliphatic rings. The van der Waals surface area contributed by atoms with E-state index in [-0.39, 0.29) is 11.8 Å². The van der Waals surface area contributed by atoms with Crippen LogP contribution in [-0.4, -0.2) is 28.4 Å². The Balaban J connectivity index is 2.05. The van der Waals surface area contributed by atoms with E-state index in [1.807, 2.05) is 25.1 Å². The second-order valence-electron chi connectivity index (χ2n) is 5.11. The highest BCUT2D eigenvalue weighted by Crippen LogP contribution is 2.36. The van der Waals surface area contributed by atoms with Crippen molar-refractivity contribution in [3.8, 4) is 0 Å². The summed E-state index contributed by atoms with van der Waals surface area (Å²) in [5.41, 5.74) is 0.957. The molecule has 20 heavy (non-hydrogen) atoms. The molecule has 1 aromatic carbocycles. The minimum atomic E-state index is -0.867. The Bertz CT molecular complexity index is 518. The van der Waals surface area contributed by atoms with Gasteiger partial charge in [-0.3, -0.25) is 9.59 Å². The zero-order valence-electron chi connectivity index (χ0n) is 11.4. The van der Waals surface area contributed by atoms with E-state index in [4.69, 9.17) is 16.7 Å². The zero-order chi connectivity index (χ0) is 14.7. The van der Waals surface area contributed by atoms with Crippen LogP contribution in [-0.2, 0) is 16.1 Å². The van der Waals surface area contributed by atoms with E-state index in [0.717, 1.165) is 5.56 Å². The summed E-state index contributed by atoms with van der Waals surface area (Å²) < 4.78 is 0. The molecule has 1 N–H and O–H groups in total. The molecule has 0 aromatic heterocycles. The summed E-state index contributed by atoms with van der Waals surface area (Å²) in [7, 11) is 0. The number of rotatable bonds is 5. The average Bonchev–Trinajstić information content (AvgIpc) is 2.33. The highest BCUT2D eigenvalue weighted by Gasteiger charge is 2.42. The van der Waals surface area contributed by atoms with Gasteiger partial charge >= 0.3 is 5.97 Å². The van der Waals surface area contributed by atoms with Crippen molar-refractivity contribution >= 4 is 23.5 Å². The van der Waals surface area contributed by atoms with Crippen molar-refractivity contribution in [2.24, 2.45) is 11.8 Å². The summed E-state index contributed by atoms with van der Waals surface area (Å²) in [6, 6.07) is 7.37. The van der Waals surface area contributed by atoms with Gasteiger partial charge in [0.2, 0.25) is 5.91 Å². The van der Waals surface area contributed by atoms with Crippen molar-refractivity contribution in [1.29, 1.82) is 0 Å². The first-order chi connectivity index (χ1) is 9.52. The van der Waals surface area contributed by atoms with Crippen LogP contribution in [0.25, 0.3) is 0 Å². The SMILES string of the molecule is CCN(Cc1cccc(Cl)c1)C(=O)C1CCC1C(=O)O. The van der Waals surface area contributed by atoms with Gasteiger partial charge in [-0.15, -0.1) is 0 Å². The first-order valence-electron chi connectivity index (χ1n) is 6.79. The summed E-state index contributed by atoms with van der Waals surface area (Å²) in [6.45, 7) is 2.93. The first-order valence-corrected chi connectivity index (χ1v) is 7.16. The van der Waals surface area contributed by atoms with Crippen molar-refractivity contribution in [2.75, 3.05) is 6.54 Å². The molecule has 1 saturated carbocycles. The predicted molar refractivity (Wildman–Crippen MR) is 76.4 cm³/mol. The molecule has 0 saturated heterocycles. The number of hydrogen-bond donors (Lipinski definition) is 1. The van der Waals surface area contributed by atoms with Gasteiger partial charge in [0.05, 0.1) is 11.8 Å². The van der Waals surface area contributed by atoms with E-state index in [2.05, 4.69) is 0 Å². The maximum absolute atomic E-state index is 12.4. The number of carboxylic acids is 1. The number of hydrogen-bond acceptors (Lipinski definition) is 2. The minimum absolute atomic E-state index is 0.0638. The molecule has 5 heteroatoms. The fourth-order valence-corrected chi connectivity index (χ4v) is 2.74. The number of halogens is 1. The Hall–Kier alpha value is -1.55. The molecule has 0 aliphatic heterocycles. The summed E-state index contributed by atoms with van der Waals surface area (Å²) in [5.74, 6) is -1.82. The molecule has 0 heterocycles. The van der Waals surface area contributed by atoms with Gasteiger partial charge in [0, 0.05) is 18.1 Å². The van der Waals surface area contributed by atoms with Crippen molar-refractivity contribution in [2.45, 2.75) is 26.3 Å². The quantitative estimate of drug-likeness (QED) is 0.909. The van der Waals surface area contributed by atoms with Crippen LogP contribution in [0.15, 0.2) is 24.3 Å². The number of aliphatic carboxylic acids is 1. The maximum atomic E-state index is 12.4. The van der Waals surface area contributed by atoms with Gasteiger partial charge in [-0.25, -0.2) is 0 Å². The Labute approximate surface area is 123 Å². The molecule has 1 aromatic rings. The summed E-state index contributed by atoms with van der Waals surface area (Å²) >= 11 is 5.94. The number of carbonyl (C=O) groups excluding carboxylic acids is 1. The fourth-order valence-electron chi connectivity index (χ4n) is 2.53. The van der Waals surface area contributed by atoms with Crippen LogP contribution in [0.3, 0.4) is 0 Å². The molecule has 108 valence electrons. The van der Waals surface area contributed by atoms with E-state index in [1.54, 1.807) is 11.0 Å². The second kappa shape index (κ2) is 6.27. The van der Waals surface area contributed by atoms with Crippen LogP contribution in [0.4, 0.5) is 0 Å². The maximum Gasteiger partial charge on any atom is 0.307 e. The monoisotopic (exact) mass is 295 g/mol. The molecule has 0 spiro atoms. The summed E-state index contributed by atoms with van der Waals surface area (Å²) in [4.78, 5) is 25.1. The van der Waals surface area contributed by atoms with Crippen LogP contribution < -0.4 is 0 Å². The van der Waals surface area contributed by atoms with E-state index < -0.39 is 11.9 Å². The van der Waals surface area contributed by atoms with Crippen molar-refractivity contribution in [1.82, 2.24) is 4.90 Å². The highest BCUT2D eigenvalue weighted by molar-refractivity contribution is 6.30. The van der Waals surface area contributed by atoms with Crippen LogP contribution >= 0.6 is 11.6 Å². The van der Waals surface area contributed by atoms with E-state index in [1.165, 1.54) is 0 Å². The molecule has 2 rings (SSSR count). The molecular weight excluding hydrogens is 278 g/mol. The van der Waals surface area contributed by atoms with Crippen molar-refractivity contribution in [3.63, 3.8) is 0 Å². The molecule has 2 unspecified atom stereocenters. The van der Waals surface area contributed by atoms with Crippen LogP contribution in [0.5, 0.6) is 0 Å². The van der Waals surface area contributed by atoms with Gasteiger partial charge < -0.3 is 10.0 Å². The van der Waals surface area contributed by atoms with Crippen LogP contribution in [0.2, 0.25) is 5.02 Å². The third-order valence-electron chi connectivity index (χ3n) is 3.86. The fraction of sp³-hybridized carbons (Fsp3) is 0.467. The lowest BCUT2D eigenvalue weighted by Gasteiger charge is -2.36. The summed E-state index contributed by atoms with van der Waals surface area (Å²) in [6.07, 6.45) is 1.27. The normalized spacial score (nSPS) is 21.1. The van der Waals surface area contributed by atoms with Gasteiger partial charge in [-0.1, -0.05) is 23.7 Å². The topological polar surface area (TPSA) is 57.6 Å². The van der Waals surface area contributed by atoms with Gasteiger partial charge in [0.1, 0.15) is 0 Å². The lowest BCUT2D eigenvalue weighted by atomic mass is 9.73. The minimum Gasteiger partial charge on any atom is -0.481 e. The predicted octanol–water partition coefficient (Wildman–Crippen LogP) is 2.80. The lowest BCUT2D eigenvalue weighted by molar-refractivity contribution is -0.156. The van der Waals surface area contributed by atoms with Gasteiger partial charge in [0.15, 0.2) is 0 Å². The van der Waals surface area contributed by atoms with Crippen molar-refractivity contribution < 1.29 is 14.7 Å². The smallest absolute Gasteiger partial charge is 0.307 e. The third-order valence-corrected chi connectivity index (χ3v) is 4.10. The third kappa shape index (κ3) is 3.12. The number of nitrogens with zero attached hydrogens (tertiary/aromatic N) is 1. The Morgan fingerprint density at radius 3 is 2.55 bits per heavy atom. The lowest BCUT2D eigenvalue weighted by Crippen LogP contribution is -2.45. The molecule has 2 atom stereocenters. The largest absolute Gasteiger partial charge is 0.481 e. The molecule has 4 nitrogen and oxygen atoms in total. The van der Waals surface area contributed by atoms with Crippen molar-refractivity contribution in [3.05, 3.63) is 34.9 Å². The molecule has 1 fully saturated rings. The second-order valence-corrected chi connectivity index (χ2v) is 5.55. The molecule has 1 aliphatic carbocycles. The Morgan fingerprint density at radius 1 is 1.35 bits per heavy atom. The molecular formula is C15H18ClNO3. The Kier molecular flexibility index (Phi) is 4.65. The van der Waals surface area contributed by atoms with Crippen LogP contribution in [0, 0.1) is 11.8 Å². The Morgan fingerprint density at radius 2 is 2.05 bits per heavy atom. The highest BCUT2D eigenvalue weighted by atomic mass is 35.5. The average molecular weight is 296 g/mol. The van der Waals surface area contributed by atoms with Gasteiger partial charge in [0.25, 0.3) is 0 Å². The van der Waals surface area contributed by atoms with E-state index >= 15 is 0 Å².